The standard InChI is InChI=1S/C15H20FN3O/c16-12-4-1-2-6-14(12)18-8-10-19(11-9-18)15(20)13-5-3-7-17-13/h1-2,4,6,13,17H,3,5,7-11H2/t13-/m1/s1. The molecular formula is C15H20FN3O. The van der Waals surface area contributed by atoms with E-state index in [1.807, 2.05) is 15.9 Å². The minimum atomic E-state index is -0.190. The molecule has 0 radical (unpaired) electrons. The lowest BCUT2D eigenvalue weighted by Gasteiger charge is -2.37. The van der Waals surface area contributed by atoms with Crippen molar-refractivity contribution in [1.82, 2.24) is 10.2 Å². The van der Waals surface area contributed by atoms with Crippen molar-refractivity contribution < 1.29 is 9.18 Å². The van der Waals surface area contributed by atoms with E-state index in [0.717, 1.165) is 19.4 Å². The first-order valence-electron chi connectivity index (χ1n) is 7.27. The van der Waals surface area contributed by atoms with E-state index in [9.17, 15) is 9.18 Å². The van der Waals surface area contributed by atoms with Gasteiger partial charge in [0, 0.05) is 26.2 Å². The summed E-state index contributed by atoms with van der Waals surface area (Å²) < 4.78 is 13.7. The summed E-state index contributed by atoms with van der Waals surface area (Å²) in [6.07, 6.45) is 2.01. The molecule has 2 fully saturated rings. The van der Waals surface area contributed by atoms with E-state index in [2.05, 4.69) is 5.32 Å². The van der Waals surface area contributed by atoms with E-state index in [1.54, 1.807) is 12.1 Å². The van der Waals surface area contributed by atoms with Gasteiger partial charge in [-0.15, -0.1) is 0 Å². The van der Waals surface area contributed by atoms with Crippen molar-refractivity contribution in [2.75, 3.05) is 37.6 Å². The second-order valence-corrected chi connectivity index (χ2v) is 5.41. The van der Waals surface area contributed by atoms with Crippen molar-refractivity contribution >= 4 is 11.6 Å². The number of nitrogens with one attached hydrogen (secondary N) is 1. The number of para-hydroxylation sites is 1. The summed E-state index contributed by atoms with van der Waals surface area (Å²) in [5.41, 5.74) is 0.638. The first-order chi connectivity index (χ1) is 9.75. The van der Waals surface area contributed by atoms with Crippen LogP contribution in [0.1, 0.15) is 12.8 Å². The van der Waals surface area contributed by atoms with Gasteiger partial charge in [-0.3, -0.25) is 4.79 Å². The van der Waals surface area contributed by atoms with Crippen LogP contribution in [0.2, 0.25) is 0 Å². The molecule has 0 aromatic heterocycles. The molecule has 0 saturated carbocycles. The van der Waals surface area contributed by atoms with Crippen LogP contribution < -0.4 is 10.2 Å². The Kier molecular flexibility index (Phi) is 3.87. The fourth-order valence-electron chi connectivity index (χ4n) is 2.99. The average Bonchev–Trinajstić information content (AvgIpc) is 3.01. The van der Waals surface area contributed by atoms with Crippen LogP contribution in [0.15, 0.2) is 24.3 Å². The number of piperazine rings is 1. The van der Waals surface area contributed by atoms with Gasteiger partial charge in [0.1, 0.15) is 5.82 Å². The number of halogens is 1. The van der Waals surface area contributed by atoms with E-state index in [0.29, 0.717) is 31.9 Å². The number of amides is 1. The number of hydrogen-bond acceptors (Lipinski definition) is 3. The highest BCUT2D eigenvalue weighted by atomic mass is 19.1. The fraction of sp³-hybridized carbons (Fsp3) is 0.533. The van der Waals surface area contributed by atoms with Crippen molar-refractivity contribution in [2.24, 2.45) is 0 Å². The maximum absolute atomic E-state index is 13.7. The molecule has 2 saturated heterocycles. The molecule has 0 spiro atoms. The van der Waals surface area contributed by atoms with Gasteiger partial charge in [0.15, 0.2) is 0 Å². The quantitative estimate of drug-likeness (QED) is 0.883. The number of carbonyl (C=O) groups excluding carboxylic acids is 1. The van der Waals surface area contributed by atoms with Crippen LogP contribution in [0.4, 0.5) is 10.1 Å². The zero-order chi connectivity index (χ0) is 13.9. The molecule has 0 aliphatic carbocycles. The zero-order valence-corrected chi connectivity index (χ0v) is 11.5. The molecule has 2 heterocycles. The predicted octanol–water partition coefficient (Wildman–Crippen LogP) is 1.23. The van der Waals surface area contributed by atoms with Crippen LogP contribution >= 0.6 is 0 Å². The van der Waals surface area contributed by atoms with Crippen LogP contribution in [0.3, 0.4) is 0 Å². The lowest BCUT2D eigenvalue weighted by atomic mass is 10.1. The van der Waals surface area contributed by atoms with Crippen LogP contribution in [0, 0.1) is 5.82 Å². The smallest absolute Gasteiger partial charge is 0.239 e. The number of rotatable bonds is 2. The topological polar surface area (TPSA) is 35.6 Å². The van der Waals surface area contributed by atoms with Gasteiger partial charge in [-0.1, -0.05) is 12.1 Å². The Hall–Kier alpha value is -1.62. The summed E-state index contributed by atoms with van der Waals surface area (Å²) in [4.78, 5) is 16.2. The van der Waals surface area contributed by atoms with Crippen LogP contribution in [0.25, 0.3) is 0 Å². The summed E-state index contributed by atoms with van der Waals surface area (Å²) in [6.45, 7) is 3.67. The Morgan fingerprint density at radius 3 is 2.60 bits per heavy atom. The Bertz CT molecular complexity index is 480. The number of nitrogens with zero attached hydrogens (tertiary/aromatic N) is 2. The molecule has 3 rings (SSSR count). The maximum Gasteiger partial charge on any atom is 0.239 e. The van der Waals surface area contributed by atoms with Crippen molar-refractivity contribution in [3.8, 4) is 0 Å². The highest BCUT2D eigenvalue weighted by molar-refractivity contribution is 5.82. The Morgan fingerprint density at radius 2 is 1.95 bits per heavy atom. The first kappa shape index (κ1) is 13.4. The normalized spacial score (nSPS) is 23.1. The largest absolute Gasteiger partial charge is 0.366 e. The highest BCUT2D eigenvalue weighted by Crippen LogP contribution is 2.20. The molecular weight excluding hydrogens is 257 g/mol. The molecule has 2 aliphatic rings. The second-order valence-electron chi connectivity index (χ2n) is 5.41. The maximum atomic E-state index is 13.7. The summed E-state index contributed by atoms with van der Waals surface area (Å²) in [5.74, 6) is 0.0143. The van der Waals surface area contributed by atoms with Gasteiger partial charge in [-0.05, 0) is 31.5 Å². The molecule has 4 nitrogen and oxygen atoms in total. The Morgan fingerprint density at radius 1 is 1.20 bits per heavy atom. The molecule has 0 bridgehead atoms. The summed E-state index contributed by atoms with van der Waals surface area (Å²) in [5, 5.41) is 3.24. The Labute approximate surface area is 118 Å². The number of benzene rings is 1. The van der Waals surface area contributed by atoms with Crippen LogP contribution in [-0.4, -0.2) is 49.6 Å². The molecule has 1 aromatic carbocycles. The molecule has 1 aromatic rings. The molecule has 1 amide bonds. The van der Waals surface area contributed by atoms with Crippen molar-refractivity contribution in [3.05, 3.63) is 30.1 Å². The van der Waals surface area contributed by atoms with Gasteiger partial charge in [-0.25, -0.2) is 4.39 Å². The van der Waals surface area contributed by atoms with E-state index in [-0.39, 0.29) is 17.8 Å². The van der Waals surface area contributed by atoms with Crippen molar-refractivity contribution in [3.63, 3.8) is 0 Å². The van der Waals surface area contributed by atoms with E-state index in [4.69, 9.17) is 0 Å². The molecule has 20 heavy (non-hydrogen) atoms. The number of anilines is 1. The minimum absolute atomic E-state index is 0.00462. The first-order valence-corrected chi connectivity index (χ1v) is 7.27. The minimum Gasteiger partial charge on any atom is -0.366 e. The number of hydrogen-bond donors (Lipinski definition) is 1. The van der Waals surface area contributed by atoms with E-state index in [1.165, 1.54) is 6.07 Å². The fourth-order valence-corrected chi connectivity index (χ4v) is 2.99. The monoisotopic (exact) mass is 277 g/mol. The average molecular weight is 277 g/mol. The van der Waals surface area contributed by atoms with Gasteiger partial charge in [-0.2, -0.15) is 0 Å². The van der Waals surface area contributed by atoms with Gasteiger partial charge in [0.2, 0.25) is 5.91 Å². The molecule has 0 unspecified atom stereocenters. The predicted molar refractivity (Wildman–Crippen MR) is 76.2 cm³/mol. The molecule has 5 heteroatoms. The van der Waals surface area contributed by atoms with Crippen molar-refractivity contribution in [1.29, 1.82) is 0 Å². The van der Waals surface area contributed by atoms with Gasteiger partial charge in [0.05, 0.1) is 11.7 Å². The summed E-state index contributed by atoms with van der Waals surface area (Å²) in [7, 11) is 0. The SMILES string of the molecule is O=C([C@H]1CCCN1)N1CCN(c2ccccc2F)CC1. The molecule has 108 valence electrons. The third kappa shape index (κ3) is 2.63. The third-order valence-electron chi connectivity index (χ3n) is 4.14. The van der Waals surface area contributed by atoms with Crippen molar-refractivity contribution in [2.45, 2.75) is 18.9 Å². The van der Waals surface area contributed by atoms with Crippen LogP contribution in [0.5, 0.6) is 0 Å². The van der Waals surface area contributed by atoms with Gasteiger partial charge < -0.3 is 15.1 Å². The lowest BCUT2D eigenvalue weighted by molar-refractivity contribution is -0.133. The summed E-state index contributed by atoms with van der Waals surface area (Å²) in [6, 6.07) is 6.82. The highest BCUT2D eigenvalue weighted by Gasteiger charge is 2.29. The summed E-state index contributed by atoms with van der Waals surface area (Å²) >= 11 is 0. The Balaban J connectivity index is 1.59. The third-order valence-corrected chi connectivity index (χ3v) is 4.14. The van der Waals surface area contributed by atoms with Gasteiger partial charge in [0.25, 0.3) is 0 Å². The lowest BCUT2D eigenvalue weighted by Crippen LogP contribution is -2.53. The molecule has 1 N–H and O–H groups in total. The second kappa shape index (κ2) is 5.79. The number of carbonyl (C=O) groups is 1. The van der Waals surface area contributed by atoms with Gasteiger partial charge >= 0.3 is 0 Å². The zero-order valence-electron chi connectivity index (χ0n) is 11.5. The molecule has 1 atom stereocenters. The van der Waals surface area contributed by atoms with E-state index >= 15 is 0 Å². The molecule has 2 aliphatic heterocycles. The van der Waals surface area contributed by atoms with E-state index < -0.39 is 0 Å². The van der Waals surface area contributed by atoms with Crippen LogP contribution in [-0.2, 0) is 4.79 Å².